The molecule has 0 spiro atoms. The van der Waals surface area contributed by atoms with Crippen LogP contribution in [0.5, 0.6) is 0 Å². The monoisotopic (exact) mass is 1010 g/mol. The van der Waals surface area contributed by atoms with Gasteiger partial charge in [-0.05, 0) is 51.4 Å². The molecule has 0 saturated heterocycles. The number of hydrogen-bond donors (Lipinski definition) is 2. The fourth-order valence-electron chi connectivity index (χ4n) is 8.20. The highest BCUT2D eigenvalue weighted by atomic mass is 31.2. The van der Waals surface area contributed by atoms with Gasteiger partial charge in [0.1, 0.15) is 12.7 Å². The first kappa shape index (κ1) is 67.7. The number of carbonyl (C=O) groups is 3. The van der Waals surface area contributed by atoms with E-state index in [0.717, 1.165) is 89.9 Å². The fraction of sp³-hybridized carbons (Fsp3) is 0.845. The van der Waals surface area contributed by atoms with Crippen molar-refractivity contribution in [3.63, 3.8) is 0 Å². The van der Waals surface area contributed by atoms with Gasteiger partial charge in [-0.25, -0.2) is 4.57 Å². The third kappa shape index (κ3) is 50.6. The first-order valence-corrected chi connectivity index (χ1v) is 30.4. The Labute approximate surface area is 429 Å². The van der Waals surface area contributed by atoms with E-state index in [4.69, 9.17) is 23.3 Å². The summed E-state index contributed by atoms with van der Waals surface area (Å²) in [6.07, 6.45) is 53.8. The molecule has 0 aromatic heterocycles. The Morgan fingerprint density at radius 2 is 0.743 bits per heavy atom. The molecule has 0 heterocycles. The first-order chi connectivity index (χ1) is 34.2. The lowest BCUT2D eigenvalue weighted by molar-refractivity contribution is -0.161. The van der Waals surface area contributed by atoms with Crippen molar-refractivity contribution < 1.29 is 52.2 Å². The van der Waals surface area contributed by atoms with Crippen LogP contribution in [0.4, 0.5) is 0 Å². The summed E-state index contributed by atoms with van der Waals surface area (Å²) in [5.41, 5.74) is 0. The van der Waals surface area contributed by atoms with Crippen molar-refractivity contribution >= 4 is 25.7 Å². The molecular weight excluding hydrogens is 904 g/mol. The number of phosphoric acid groups is 1. The van der Waals surface area contributed by atoms with Crippen LogP contribution >= 0.6 is 7.82 Å². The van der Waals surface area contributed by atoms with Gasteiger partial charge in [-0.3, -0.25) is 23.4 Å². The quantitative estimate of drug-likeness (QED) is 0.0197. The van der Waals surface area contributed by atoms with Gasteiger partial charge in [0.2, 0.25) is 0 Å². The number of ether oxygens (including phenoxy) is 3. The van der Waals surface area contributed by atoms with Crippen molar-refractivity contribution in [3.05, 3.63) is 36.5 Å². The minimum Gasteiger partial charge on any atom is -0.462 e. The molecule has 0 aliphatic carbocycles. The highest BCUT2D eigenvalue weighted by molar-refractivity contribution is 7.47. The van der Waals surface area contributed by atoms with Crippen molar-refractivity contribution in [1.82, 2.24) is 0 Å². The van der Waals surface area contributed by atoms with E-state index in [-0.39, 0.29) is 25.9 Å². The summed E-state index contributed by atoms with van der Waals surface area (Å²) in [6, 6.07) is 0. The summed E-state index contributed by atoms with van der Waals surface area (Å²) in [5, 5.41) is 9.80. The van der Waals surface area contributed by atoms with Crippen LogP contribution in [-0.4, -0.2) is 66.5 Å². The maximum absolute atomic E-state index is 12.9. The van der Waals surface area contributed by atoms with Crippen molar-refractivity contribution in [2.24, 2.45) is 0 Å². The van der Waals surface area contributed by atoms with Crippen LogP contribution in [0.25, 0.3) is 0 Å². The number of aliphatic hydroxyl groups excluding tert-OH is 1. The lowest BCUT2D eigenvalue weighted by Gasteiger charge is -2.21. The summed E-state index contributed by atoms with van der Waals surface area (Å²) >= 11 is 0. The molecule has 0 saturated carbocycles. The highest BCUT2D eigenvalue weighted by Gasteiger charge is 2.28. The summed E-state index contributed by atoms with van der Waals surface area (Å²) in [6.45, 7) is 4.56. The third-order valence-electron chi connectivity index (χ3n) is 12.6. The van der Waals surface area contributed by atoms with E-state index < -0.39 is 57.8 Å². The molecule has 0 aliphatic heterocycles. The predicted molar refractivity (Wildman–Crippen MR) is 289 cm³/mol. The Balaban J connectivity index is 4.69. The number of allylic oxidation sites excluding steroid dienone is 6. The zero-order valence-electron chi connectivity index (χ0n) is 45.2. The molecular formula is C58H107O11P. The van der Waals surface area contributed by atoms with Crippen LogP contribution in [-0.2, 0) is 42.2 Å². The second-order valence-corrected chi connectivity index (χ2v) is 20.9. The van der Waals surface area contributed by atoms with E-state index in [1.165, 1.54) is 128 Å². The van der Waals surface area contributed by atoms with Gasteiger partial charge in [-0.1, -0.05) is 243 Å². The molecule has 2 N–H and O–H groups in total. The van der Waals surface area contributed by atoms with Crippen LogP contribution < -0.4 is 0 Å². The number of unbranched alkanes of at least 4 members (excludes halogenated alkanes) is 31. The first-order valence-electron chi connectivity index (χ1n) is 28.9. The normalized spacial score (nSPS) is 13.6. The Hall–Kier alpha value is -2.30. The molecule has 0 bridgehead atoms. The van der Waals surface area contributed by atoms with Gasteiger partial charge in [-0.15, -0.1) is 0 Å². The van der Waals surface area contributed by atoms with E-state index in [2.05, 4.69) is 57.2 Å². The minimum atomic E-state index is -4.74. The molecule has 0 aromatic carbocycles. The SMILES string of the molecule is CC/C=C\C/C=C\C/C=C\CCCCCCCCCC(=O)OCC(COP(=O)(O)OCC(CO)OC(=O)CCCCCCCCCCCCCCC)OC(=O)CCCCCCCCCCCCCCC. The Morgan fingerprint density at radius 1 is 0.414 bits per heavy atom. The summed E-state index contributed by atoms with van der Waals surface area (Å²) in [5.74, 6) is -1.45. The second-order valence-electron chi connectivity index (χ2n) is 19.4. The molecule has 0 aromatic rings. The third-order valence-corrected chi connectivity index (χ3v) is 13.5. The van der Waals surface area contributed by atoms with Gasteiger partial charge in [0.15, 0.2) is 6.10 Å². The minimum absolute atomic E-state index is 0.171. The molecule has 70 heavy (non-hydrogen) atoms. The molecule has 0 radical (unpaired) electrons. The van der Waals surface area contributed by atoms with E-state index in [1.54, 1.807) is 0 Å². The fourth-order valence-corrected chi connectivity index (χ4v) is 8.98. The largest absolute Gasteiger partial charge is 0.472 e. The van der Waals surface area contributed by atoms with Gasteiger partial charge in [0.05, 0.1) is 19.8 Å². The number of aliphatic hydroxyl groups is 1. The number of phosphoric ester groups is 1. The van der Waals surface area contributed by atoms with Crippen molar-refractivity contribution in [3.8, 4) is 0 Å². The van der Waals surface area contributed by atoms with Crippen molar-refractivity contribution in [1.29, 1.82) is 0 Å². The average molecular weight is 1010 g/mol. The lowest BCUT2D eigenvalue weighted by Crippen LogP contribution is -2.30. The Kier molecular flexibility index (Phi) is 51.3. The van der Waals surface area contributed by atoms with E-state index >= 15 is 0 Å². The van der Waals surface area contributed by atoms with E-state index in [1.807, 2.05) is 0 Å². The molecule has 3 atom stereocenters. The molecule has 11 nitrogen and oxygen atoms in total. The van der Waals surface area contributed by atoms with Crippen LogP contribution in [0.15, 0.2) is 36.5 Å². The molecule has 410 valence electrons. The van der Waals surface area contributed by atoms with Crippen LogP contribution in [0.3, 0.4) is 0 Å². The number of esters is 3. The highest BCUT2D eigenvalue weighted by Crippen LogP contribution is 2.43. The van der Waals surface area contributed by atoms with Crippen LogP contribution in [0.1, 0.15) is 278 Å². The van der Waals surface area contributed by atoms with Crippen molar-refractivity contribution in [2.45, 2.75) is 290 Å². The van der Waals surface area contributed by atoms with Crippen LogP contribution in [0, 0.1) is 0 Å². The molecule has 0 rings (SSSR count). The molecule has 12 heteroatoms. The molecule has 0 amide bonds. The number of rotatable bonds is 54. The second kappa shape index (κ2) is 53.0. The molecule has 3 unspecified atom stereocenters. The number of hydrogen-bond acceptors (Lipinski definition) is 10. The molecule has 0 fully saturated rings. The Morgan fingerprint density at radius 3 is 1.14 bits per heavy atom. The summed E-state index contributed by atoms with van der Waals surface area (Å²) in [7, 11) is -4.74. The van der Waals surface area contributed by atoms with Crippen molar-refractivity contribution in [2.75, 3.05) is 26.4 Å². The summed E-state index contributed by atoms with van der Waals surface area (Å²) in [4.78, 5) is 48.5. The predicted octanol–water partition coefficient (Wildman–Crippen LogP) is 16.8. The topological polar surface area (TPSA) is 155 Å². The maximum atomic E-state index is 12.9. The van der Waals surface area contributed by atoms with Gasteiger partial charge in [0.25, 0.3) is 0 Å². The van der Waals surface area contributed by atoms with Gasteiger partial charge < -0.3 is 24.2 Å². The summed E-state index contributed by atoms with van der Waals surface area (Å²) < 4.78 is 39.5. The lowest BCUT2D eigenvalue weighted by atomic mass is 10.0. The van der Waals surface area contributed by atoms with Gasteiger partial charge in [0, 0.05) is 19.3 Å². The maximum Gasteiger partial charge on any atom is 0.472 e. The van der Waals surface area contributed by atoms with E-state index in [9.17, 15) is 28.9 Å². The van der Waals surface area contributed by atoms with Crippen LogP contribution in [0.2, 0.25) is 0 Å². The standard InChI is InChI=1S/C58H107O11P/c1-4-7-10-13-16-19-22-25-26-27-28-31-32-35-38-41-44-47-56(60)65-51-55(69-58(62)49-46-43-40-37-34-30-24-21-18-15-12-9-6-3)53-67-70(63,64)66-52-54(50-59)68-57(61)48-45-42-39-36-33-29-23-20-17-14-11-8-5-2/h7,10,16,19,25-26,54-55,59H,4-6,8-9,11-15,17-18,20-24,27-53H2,1-3H3,(H,63,64)/b10-7-,19-16-,26-25-. The smallest absolute Gasteiger partial charge is 0.462 e. The zero-order chi connectivity index (χ0) is 51.3. The van der Waals surface area contributed by atoms with Gasteiger partial charge >= 0.3 is 25.7 Å². The molecule has 0 aliphatic rings. The average Bonchev–Trinajstić information content (AvgIpc) is 3.35. The van der Waals surface area contributed by atoms with Gasteiger partial charge in [-0.2, -0.15) is 0 Å². The Bertz CT molecular complexity index is 1320. The number of carbonyl (C=O) groups excluding carboxylic acids is 3. The zero-order valence-corrected chi connectivity index (χ0v) is 46.1. The van der Waals surface area contributed by atoms with E-state index in [0.29, 0.717) is 19.3 Å².